The Kier molecular flexibility index (Phi) is 4.48. The molecule has 0 saturated carbocycles. The lowest BCUT2D eigenvalue weighted by atomic mass is 10.2. The number of fused-ring (bicyclic) bond motifs is 1. The molecule has 0 fully saturated rings. The summed E-state index contributed by atoms with van der Waals surface area (Å²) in [5, 5.41) is 4.57. The molecule has 1 N–H and O–H groups in total. The number of rotatable bonds is 5. The molecule has 0 saturated heterocycles. The number of aryl methyl sites for hydroxylation is 3. The average Bonchev–Trinajstić information content (AvgIpc) is 2.84. The predicted octanol–water partition coefficient (Wildman–Crippen LogP) is 5.01. The normalized spacial score (nSPS) is 11.0. The lowest BCUT2D eigenvalue weighted by molar-refractivity contribution is 0.342. The van der Waals surface area contributed by atoms with Crippen LogP contribution in [0.5, 0.6) is 5.75 Å². The van der Waals surface area contributed by atoms with Crippen LogP contribution in [0.15, 0.2) is 24.3 Å². The van der Waals surface area contributed by atoms with Gasteiger partial charge in [-0.1, -0.05) is 19.1 Å². The van der Waals surface area contributed by atoms with Crippen molar-refractivity contribution in [1.82, 2.24) is 9.97 Å². The van der Waals surface area contributed by atoms with Crippen LogP contribution in [0.25, 0.3) is 10.2 Å². The zero-order valence-corrected chi connectivity index (χ0v) is 14.8. The fraction of sp³-hybridized carbons (Fsp3) is 0.333. The van der Waals surface area contributed by atoms with E-state index in [2.05, 4.69) is 31.1 Å². The molecule has 4 nitrogen and oxygen atoms in total. The van der Waals surface area contributed by atoms with Crippen LogP contribution in [-0.4, -0.2) is 16.6 Å². The van der Waals surface area contributed by atoms with Crippen molar-refractivity contribution in [2.45, 2.75) is 34.1 Å². The molecular formula is C18H21N3OS. The average molecular weight is 327 g/mol. The number of nitrogens with one attached hydrogen (secondary N) is 1. The van der Waals surface area contributed by atoms with E-state index in [0.29, 0.717) is 6.61 Å². The molecule has 0 unspecified atom stereocenters. The second-order valence-corrected chi connectivity index (χ2v) is 6.56. The maximum absolute atomic E-state index is 5.71. The second-order valence-electron chi connectivity index (χ2n) is 5.36. The summed E-state index contributed by atoms with van der Waals surface area (Å²) >= 11 is 1.73. The highest BCUT2D eigenvalue weighted by Gasteiger charge is 2.15. The van der Waals surface area contributed by atoms with Gasteiger partial charge in [-0.15, -0.1) is 11.3 Å². The maximum Gasteiger partial charge on any atom is 0.143 e. The van der Waals surface area contributed by atoms with Crippen LogP contribution in [0.1, 0.15) is 30.1 Å². The van der Waals surface area contributed by atoms with E-state index in [1.54, 1.807) is 11.3 Å². The van der Waals surface area contributed by atoms with Crippen LogP contribution in [0.4, 0.5) is 11.5 Å². The Bertz CT molecular complexity index is 842. The van der Waals surface area contributed by atoms with Gasteiger partial charge in [0, 0.05) is 11.3 Å². The molecule has 120 valence electrons. The maximum atomic E-state index is 5.71. The Labute approximate surface area is 140 Å². The molecular weight excluding hydrogens is 306 g/mol. The van der Waals surface area contributed by atoms with Crippen molar-refractivity contribution >= 4 is 33.1 Å². The highest BCUT2D eigenvalue weighted by Crippen LogP contribution is 2.36. The standard InChI is InChI=1S/C18H21N3OS/c1-5-15-20-17(16-11(3)12(4)23-18(16)21-15)19-13-9-7-8-10-14(13)22-6-2/h7-10H,5-6H2,1-4H3,(H,19,20,21). The molecule has 5 heteroatoms. The van der Waals surface area contributed by atoms with E-state index < -0.39 is 0 Å². The summed E-state index contributed by atoms with van der Waals surface area (Å²) < 4.78 is 5.71. The number of thiophene rings is 1. The minimum atomic E-state index is 0.634. The van der Waals surface area contributed by atoms with Gasteiger partial charge in [0.05, 0.1) is 17.7 Å². The first kappa shape index (κ1) is 15.7. The molecule has 2 heterocycles. The Hall–Kier alpha value is -2.14. The van der Waals surface area contributed by atoms with Gasteiger partial charge in [-0.25, -0.2) is 9.97 Å². The SMILES string of the molecule is CCOc1ccccc1Nc1nc(CC)nc2sc(C)c(C)c12. The number of para-hydroxylation sites is 2. The summed E-state index contributed by atoms with van der Waals surface area (Å²) in [5.41, 5.74) is 2.17. The van der Waals surface area contributed by atoms with E-state index in [0.717, 1.165) is 39.7 Å². The zero-order valence-electron chi connectivity index (χ0n) is 13.9. The van der Waals surface area contributed by atoms with Crippen molar-refractivity contribution in [2.24, 2.45) is 0 Å². The van der Waals surface area contributed by atoms with Crippen molar-refractivity contribution in [3.63, 3.8) is 0 Å². The number of aromatic nitrogens is 2. The van der Waals surface area contributed by atoms with Gasteiger partial charge in [0.2, 0.25) is 0 Å². The van der Waals surface area contributed by atoms with Crippen LogP contribution >= 0.6 is 11.3 Å². The third-order valence-electron chi connectivity index (χ3n) is 3.83. The van der Waals surface area contributed by atoms with Crippen LogP contribution in [-0.2, 0) is 6.42 Å². The third kappa shape index (κ3) is 3.01. The second kappa shape index (κ2) is 6.54. The highest BCUT2D eigenvalue weighted by molar-refractivity contribution is 7.18. The number of hydrogen-bond acceptors (Lipinski definition) is 5. The summed E-state index contributed by atoms with van der Waals surface area (Å²) in [4.78, 5) is 11.7. The van der Waals surface area contributed by atoms with Crippen LogP contribution in [0.2, 0.25) is 0 Å². The Balaban J connectivity index is 2.12. The van der Waals surface area contributed by atoms with Gasteiger partial charge in [-0.3, -0.25) is 0 Å². The van der Waals surface area contributed by atoms with E-state index >= 15 is 0 Å². The van der Waals surface area contributed by atoms with Crippen molar-refractivity contribution in [2.75, 3.05) is 11.9 Å². The molecule has 2 aromatic heterocycles. The lowest BCUT2D eigenvalue weighted by Gasteiger charge is -2.13. The lowest BCUT2D eigenvalue weighted by Crippen LogP contribution is -2.02. The van der Waals surface area contributed by atoms with Gasteiger partial charge in [0.25, 0.3) is 0 Å². The van der Waals surface area contributed by atoms with Crippen LogP contribution in [0.3, 0.4) is 0 Å². The number of benzene rings is 1. The molecule has 23 heavy (non-hydrogen) atoms. The number of ether oxygens (including phenoxy) is 1. The van der Waals surface area contributed by atoms with Gasteiger partial charge < -0.3 is 10.1 Å². The van der Waals surface area contributed by atoms with Crippen LogP contribution < -0.4 is 10.1 Å². The van der Waals surface area contributed by atoms with Gasteiger partial charge in [-0.05, 0) is 38.5 Å². The van der Waals surface area contributed by atoms with E-state index in [4.69, 9.17) is 9.72 Å². The van der Waals surface area contributed by atoms with E-state index in [9.17, 15) is 0 Å². The summed E-state index contributed by atoms with van der Waals surface area (Å²) in [6.07, 6.45) is 0.813. The number of anilines is 2. The van der Waals surface area contributed by atoms with Gasteiger partial charge in [-0.2, -0.15) is 0 Å². The first-order chi connectivity index (χ1) is 11.1. The number of nitrogens with zero attached hydrogens (tertiary/aromatic N) is 2. The molecule has 3 aromatic rings. The molecule has 0 spiro atoms. The topological polar surface area (TPSA) is 47.0 Å². The Morgan fingerprint density at radius 2 is 1.91 bits per heavy atom. The van der Waals surface area contributed by atoms with Crippen molar-refractivity contribution < 1.29 is 4.74 Å². The highest BCUT2D eigenvalue weighted by atomic mass is 32.1. The Morgan fingerprint density at radius 1 is 1.13 bits per heavy atom. The fourth-order valence-electron chi connectivity index (χ4n) is 2.52. The minimum absolute atomic E-state index is 0.634. The molecule has 0 amide bonds. The van der Waals surface area contributed by atoms with Crippen molar-refractivity contribution in [3.8, 4) is 5.75 Å². The van der Waals surface area contributed by atoms with E-state index in [1.165, 1.54) is 10.4 Å². The van der Waals surface area contributed by atoms with Crippen LogP contribution in [0, 0.1) is 13.8 Å². The van der Waals surface area contributed by atoms with Gasteiger partial charge >= 0.3 is 0 Å². The Morgan fingerprint density at radius 3 is 2.65 bits per heavy atom. The summed E-state index contributed by atoms with van der Waals surface area (Å²) in [6, 6.07) is 7.95. The quantitative estimate of drug-likeness (QED) is 0.715. The molecule has 3 rings (SSSR count). The molecule has 0 bridgehead atoms. The summed E-state index contributed by atoms with van der Waals surface area (Å²) in [7, 11) is 0. The van der Waals surface area contributed by atoms with E-state index in [1.807, 2.05) is 31.2 Å². The molecule has 0 aliphatic heterocycles. The molecule has 0 radical (unpaired) electrons. The van der Waals surface area contributed by atoms with Crippen molar-refractivity contribution in [3.05, 3.63) is 40.5 Å². The molecule has 0 aliphatic rings. The first-order valence-corrected chi connectivity index (χ1v) is 8.71. The monoisotopic (exact) mass is 327 g/mol. The molecule has 1 aromatic carbocycles. The first-order valence-electron chi connectivity index (χ1n) is 7.89. The van der Waals surface area contributed by atoms with Crippen molar-refractivity contribution in [1.29, 1.82) is 0 Å². The third-order valence-corrected chi connectivity index (χ3v) is 4.93. The molecule has 0 atom stereocenters. The fourth-order valence-corrected chi connectivity index (χ4v) is 3.57. The zero-order chi connectivity index (χ0) is 16.4. The molecule has 0 aliphatic carbocycles. The minimum Gasteiger partial charge on any atom is -0.492 e. The number of hydrogen-bond donors (Lipinski definition) is 1. The van der Waals surface area contributed by atoms with E-state index in [-0.39, 0.29) is 0 Å². The van der Waals surface area contributed by atoms with Gasteiger partial charge in [0.1, 0.15) is 22.2 Å². The smallest absolute Gasteiger partial charge is 0.143 e. The predicted molar refractivity (Wildman–Crippen MR) is 97.2 cm³/mol. The largest absolute Gasteiger partial charge is 0.492 e. The summed E-state index contributed by atoms with van der Waals surface area (Å²) in [5.74, 6) is 2.56. The summed E-state index contributed by atoms with van der Waals surface area (Å²) in [6.45, 7) is 8.95. The van der Waals surface area contributed by atoms with Gasteiger partial charge in [0.15, 0.2) is 0 Å².